The van der Waals surface area contributed by atoms with Crippen LogP contribution in [0.15, 0.2) is 16.7 Å². The van der Waals surface area contributed by atoms with E-state index in [0.29, 0.717) is 6.61 Å². The highest BCUT2D eigenvalue weighted by Crippen LogP contribution is 2.28. The Bertz CT molecular complexity index is 416. The van der Waals surface area contributed by atoms with Crippen molar-refractivity contribution in [1.82, 2.24) is 4.98 Å². The summed E-state index contributed by atoms with van der Waals surface area (Å²) in [6.45, 7) is 2.28. The maximum atomic E-state index is 12.6. The molecule has 1 aromatic rings. The van der Waals surface area contributed by atoms with Gasteiger partial charge in [0.2, 0.25) is 0 Å². The molecule has 0 bridgehead atoms. The first-order valence-electron chi connectivity index (χ1n) is 5.35. The Balaban J connectivity index is 2.62. The van der Waals surface area contributed by atoms with Crippen LogP contribution in [0.3, 0.4) is 0 Å². The summed E-state index contributed by atoms with van der Waals surface area (Å²) in [5.74, 6) is -0.336. The summed E-state index contributed by atoms with van der Waals surface area (Å²) in [5, 5.41) is 2.39. The highest BCUT2D eigenvalue weighted by atomic mass is 79.9. The summed E-state index contributed by atoms with van der Waals surface area (Å²) in [7, 11) is 0. The summed E-state index contributed by atoms with van der Waals surface area (Å²) in [5.41, 5.74) is -0.213. The minimum absolute atomic E-state index is 0.0820. The number of halogens is 3. The Morgan fingerprint density at radius 3 is 2.94 bits per heavy atom. The molecule has 0 radical (unpaired) electrons. The molecule has 1 heterocycles. The molecule has 1 rings (SSSR count). The molecule has 0 aliphatic rings. The molecule has 0 atom stereocenters. The smallest absolute Gasteiger partial charge is 0.265 e. The van der Waals surface area contributed by atoms with Crippen molar-refractivity contribution in [2.45, 2.75) is 19.8 Å². The van der Waals surface area contributed by atoms with Crippen molar-refractivity contribution >= 4 is 27.7 Å². The van der Waals surface area contributed by atoms with Crippen LogP contribution in [0.1, 0.15) is 25.3 Å². The lowest BCUT2D eigenvalue weighted by Crippen LogP contribution is -2.19. The zero-order chi connectivity index (χ0) is 13.5. The second-order valence-corrected chi connectivity index (χ2v) is 4.35. The molecule has 1 amide bonds. The average Bonchev–Trinajstić information content (AvgIpc) is 2.31. The van der Waals surface area contributed by atoms with E-state index in [1.807, 2.05) is 6.92 Å². The summed E-state index contributed by atoms with van der Waals surface area (Å²) in [6.07, 6.45) is -0.599. The SMILES string of the molecule is CCCOCC(=O)Nc1cc(C(F)F)c(Br)cn1. The normalized spacial score (nSPS) is 10.7. The zero-order valence-electron chi connectivity index (χ0n) is 9.75. The first-order chi connectivity index (χ1) is 8.54. The molecule has 18 heavy (non-hydrogen) atoms. The molecule has 1 N–H and O–H groups in total. The van der Waals surface area contributed by atoms with Crippen molar-refractivity contribution in [2.75, 3.05) is 18.5 Å². The van der Waals surface area contributed by atoms with Crippen LogP contribution in [-0.4, -0.2) is 24.1 Å². The Labute approximate surface area is 112 Å². The van der Waals surface area contributed by atoms with E-state index in [4.69, 9.17) is 4.74 Å². The van der Waals surface area contributed by atoms with Gasteiger partial charge in [0.15, 0.2) is 0 Å². The maximum Gasteiger partial charge on any atom is 0.265 e. The number of ether oxygens (including phenoxy) is 1. The van der Waals surface area contributed by atoms with Gasteiger partial charge in [-0.2, -0.15) is 0 Å². The molecule has 0 saturated heterocycles. The lowest BCUT2D eigenvalue weighted by Gasteiger charge is -2.08. The van der Waals surface area contributed by atoms with Gasteiger partial charge in [0.05, 0.1) is 0 Å². The fourth-order valence-electron chi connectivity index (χ4n) is 1.18. The van der Waals surface area contributed by atoms with E-state index in [-0.39, 0.29) is 22.5 Å². The van der Waals surface area contributed by atoms with E-state index in [0.717, 1.165) is 12.5 Å². The van der Waals surface area contributed by atoms with Crippen LogP contribution in [0.2, 0.25) is 0 Å². The van der Waals surface area contributed by atoms with Gasteiger partial charge < -0.3 is 10.1 Å². The third-order valence-corrected chi connectivity index (χ3v) is 2.63. The highest BCUT2D eigenvalue weighted by Gasteiger charge is 2.14. The molecule has 0 spiro atoms. The molecule has 0 fully saturated rings. The van der Waals surface area contributed by atoms with Crippen molar-refractivity contribution < 1.29 is 18.3 Å². The molecule has 0 aromatic carbocycles. The Kier molecular flexibility index (Phi) is 6.14. The first kappa shape index (κ1) is 15.0. The third kappa shape index (κ3) is 4.66. The molecular weight excluding hydrogens is 310 g/mol. The molecule has 0 saturated carbocycles. The van der Waals surface area contributed by atoms with Crippen LogP contribution in [-0.2, 0) is 9.53 Å². The molecule has 0 unspecified atom stereocenters. The molecule has 0 aliphatic carbocycles. The lowest BCUT2D eigenvalue weighted by atomic mass is 10.2. The van der Waals surface area contributed by atoms with Gasteiger partial charge in [-0.3, -0.25) is 4.79 Å². The van der Waals surface area contributed by atoms with Gasteiger partial charge in [-0.25, -0.2) is 13.8 Å². The van der Waals surface area contributed by atoms with Crippen LogP contribution in [0.25, 0.3) is 0 Å². The summed E-state index contributed by atoms with van der Waals surface area (Å²) in [4.78, 5) is 15.2. The predicted molar refractivity (Wildman–Crippen MR) is 66.6 cm³/mol. The average molecular weight is 323 g/mol. The zero-order valence-corrected chi connectivity index (χ0v) is 11.3. The quantitative estimate of drug-likeness (QED) is 0.818. The van der Waals surface area contributed by atoms with Gasteiger partial charge in [0.25, 0.3) is 12.3 Å². The van der Waals surface area contributed by atoms with Gasteiger partial charge in [0.1, 0.15) is 12.4 Å². The van der Waals surface area contributed by atoms with Crippen LogP contribution in [0.5, 0.6) is 0 Å². The largest absolute Gasteiger partial charge is 0.372 e. The van der Waals surface area contributed by atoms with Crippen LogP contribution in [0, 0.1) is 0 Å². The third-order valence-electron chi connectivity index (χ3n) is 1.97. The maximum absolute atomic E-state index is 12.6. The minimum atomic E-state index is -2.63. The predicted octanol–water partition coefficient (Wildman–Crippen LogP) is 3.15. The number of hydrogen-bond acceptors (Lipinski definition) is 3. The number of anilines is 1. The summed E-state index contributed by atoms with van der Waals surface area (Å²) in [6, 6.07) is 1.13. The molecule has 4 nitrogen and oxygen atoms in total. The standard InChI is InChI=1S/C11H13BrF2N2O2/c1-2-3-18-6-10(17)16-9-4-7(11(13)14)8(12)5-15-9/h4-5,11H,2-3,6H2,1H3,(H,15,16,17). The number of hydrogen-bond donors (Lipinski definition) is 1. The van der Waals surface area contributed by atoms with Crippen molar-refractivity contribution in [3.05, 3.63) is 22.3 Å². The van der Waals surface area contributed by atoms with Crippen LogP contribution < -0.4 is 5.32 Å². The van der Waals surface area contributed by atoms with Crippen molar-refractivity contribution in [1.29, 1.82) is 0 Å². The fourth-order valence-corrected chi connectivity index (χ4v) is 1.57. The van der Waals surface area contributed by atoms with Crippen molar-refractivity contribution in [2.24, 2.45) is 0 Å². The number of rotatable bonds is 6. The van der Waals surface area contributed by atoms with Crippen molar-refractivity contribution in [3.8, 4) is 0 Å². The second-order valence-electron chi connectivity index (χ2n) is 3.49. The Morgan fingerprint density at radius 1 is 1.61 bits per heavy atom. The van der Waals surface area contributed by atoms with E-state index < -0.39 is 12.3 Å². The Morgan fingerprint density at radius 2 is 2.33 bits per heavy atom. The molecular formula is C11H13BrF2N2O2. The monoisotopic (exact) mass is 322 g/mol. The molecule has 1 aromatic heterocycles. The first-order valence-corrected chi connectivity index (χ1v) is 6.15. The van der Waals surface area contributed by atoms with Crippen LogP contribution >= 0.6 is 15.9 Å². The number of carbonyl (C=O) groups is 1. The van der Waals surface area contributed by atoms with E-state index >= 15 is 0 Å². The fraction of sp³-hybridized carbons (Fsp3) is 0.455. The summed E-state index contributed by atoms with van der Waals surface area (Å²) < 4.78 is 30.4. The van der Waals surface area contributed by atoms with Crippen molar-refractivity contribution in [3.63, 3.8) is 0 Å². The second kappa shape index (κ2) is 7.38. The van der Waals surface area contributed by atoms with Gasteiger partial charge >= 0.3 is 0 Å². The summed E-state index contributed by atoms with van der Waals surface area (Å²) >= 11 is 2.97. The number of carbonyl (C=O) groups excluding carboxylic acids is 1. The van der Waals surface area contributed by atoms with Gasteiger partial charge in [0, 0.05) is 22.8 Å². The topological polar surface area (TPSA) is 51.2 Å². The number of nitrogens with one attached hydrogen (secondary N) is 1. The lowest BCUT2D eigenvalue weighted by molar-refractivity contribution is -0.120. The molecule has 100 valence electrons. The molecule has 7 heteroatoms. The van der Waals surface area contributed by atoms with Crippen LogP contribution in [0.4, 0.5) is 14.6 Å². The number of alkyl halides is 2. The van der Waals surface area contributed by atoms with Gasteiger partial charge in [-0.15, -0.1) is 0 Å². The van der Waals surface area contributed by atoms with Gasteiger partial charge in [-0.1, -0.05) is 6.92 Å². The van der Waals surface area contributed by atoms with E-state index in [2.05, 4.69) is 26.2 Å². The van der Waals surface area contributed by atoms with Gasteiger partial charge in [-0.05, 0) is 28.4 Å². The number of nitrogens with zero attached hydrogens (tertiary/aromatic N) is 1. The minimum Gasteiger partial charge on any atom is -0.372 e. The number of aromatic nitrogens is 1. The number of amides is 1. The van der Waals surface area contributed by atoms with E-state index in [1.54, 1.807) is 0 Å². The highest BCUT2D eigenvalue weighted by molar-refractivity contribution is 9.10. The number of pyridine rings is 1. The van der Waals surface area contributed by atoms with E-state index in [9.17, 15) is 13.6 Å². The Hall–Kier alpha value is -1.08. The van der Waals surface area contributed by atoms with E-state index in [1.165, 1.54) is 6.20 Å². The molecule has 0 aliphatic heterocycles.